The zero-order valence-electron chi connectivity index (χ0n) is 20.7. The van der Waals surface area contributed by atoms with Gasteiger partial charge in [-0.05, 0) is 52.6 Å². The van der Waals surface area contributed by atoms with E-state index >= 15 is 0 Å². The second kappa shape index (κ2) is 7.15. The second-order valence-corrected chi connectivity index (χ2v) is 12.6. The minimum atomic E-state index is 1.27. The van der Waals surface area contributed by atoms with Crippen LogP contribution in [0.25, 0.3) is 89.2 Å². The summed E-state index contributed by atoms with van der Waals surface area (Å²) >= 11 is 3.80. The maximum absolute atomic E-state index is 2.57. The molecular weight excluding hydrogens is 511 g/mol. The van der Waals surface area contributed by atoms with Crippen LogP contribution in [0.5, 0.6) is 0 Å². The van der Waals surface area contributed by atoms with Gasteiger partial charge in [0, 0.05) is 56.5 Å². The minimum Gasteiger partial charge on any atom is -0.308 e. The van der Waals surface area contributed by atoms with Crippen molar-refractivity contribution in [2.45, 2.75) is 0 Å². The molecule has 0 fully saturated rings. The normalized spacial score (nSPS) is 12.6. The van der Waals surface area contributed by atoms with Crippen LogP contribution in [0.1, 0.15) is 0 Å². The Kier molecular flexibility index (Phi) is 3.76. The maximum Gasteiger partial charge on any atom is 0.0619 e. The molecule has 4 heterocycles. The van der Waals surface area contributed by atoms with Crippen LogP contribution in [0.2, 0.25) is 0 Å². The molecule has 0 aliphatic heterocycles. The third-order valence-corrected chi connectivity index (χ3v) is 10.8. The van der Waals surface area contributed by atoms with Gasteiger partial charge in [-0.1, -0.05) is 78.9 Å². The van der Waals surface area contributed by atoms with Gasteiger partial charge in [-0.15, -0.1) is 22.7 Å². The van der Waals surface area contributed by atoms with E-state index in [-0.39, 0.29) is 0 Å². The number of fused-ring (bicyclic) bond motifs is 10. The SMILES string of the molecule is c1ccc2c(c1)sc1cc3c(cc12)c1cccc2c4ccccc4c4cccc5sc6cccc(c6c54)n3c21. The lowest BCUT2D eigenvalue weighted by Crippen LogP contribution is -1.86. The Balaban J connectivity index is 1.63. The summed E-state index contributed by atoms with van der Waals surface area (Å²) in [6, 6.07) is 43.2. The zero-order valence-corrected chi connectivity index (χ0v) is 22.4. The molecule has 39 heavy (non-hydrogen) atoms. The van der Waals surface area contributed by atoms with Gasteiger partial charge in [0.2, 0.25) is 0 Å². The molecule has 6 aromatic carbocycles. The average Bonchev–Trinajstić information content (AvgIpc) is 3.65. The molecule has 0 radical (unpaired) electrons. The van der Waals surface area contributed by atoms with Crippen LogP contribution in [-0.2, 0) is 0 Å². The molecule has 3 heteroatoms. The van der Waals surface area contributed by atoms with Crippen LogP contribution in [0.3, 0.4) is 0 Å². The van der Waals surface area contributed by atoms with Crippen molar-refractivity contribution in [2.24, 2.45) is 0 Å². The summed E-state index contributed by atoms with van der Waals surface area (Å²) in [4.78, 5) is 0. The van der Waals surface area contributed by atoms with Crippen molar-refractivity contribution in [3.63, 3.8) is 0 Å². The predicted octanol–water partition coefficient (Wildman–Crippen LogP) is 11.3. The van der Waals surface area contributed by atoms with Gasteiger partial charge in [0.05, 0.1) is 16.6 Å². The van der Waals surface area contributed by atoms with Crippen molar-refractivity contribution in [1.82, 2.24) is 4.40 Å². The predicted molar refractivity (Wildman–Crippen MR) is 173 cm³/mol. The summed E-state index contributed by atoms with van der Waals surface area (Å²) in [6.07, 6.45) is 0. The summed E-state index contributed by atoms with van der Waals surface area (Å²) in [5.74, 6) is 0. The molecule has 1 nitrogen and oxygen atoms in total. The molecule has 0 aliphatic carbocycles. The number of hydrogen-bond donors (Lipinski definition) is 0. The lowest BCUT2D eigenvalue weighted by molar-refractivity contribution is 1.36. The zero-order chi connectivity index (χ0) is 25.2. The van der Waals surface area contributed by atoms with Crippen molar-refractivity contribution in [3.05, 3.63) is 115 Å². The van der Waals surface area contributed by atoms with Crippen LogP contribution in [0.15, 0.2) is 115 Å². The fourth-order valence-corrected chi connectivity index (χ4v) is 9.24. The molecule has 0 unspecified atom stereocenters. The number of thiophene rings is 2. The van der Waals surface area contributed by atoms with Gasteiger partial charge in [-0.2, -0.15) is 0 Å². The third kappa shape index (κ3) is 2.50. The van der Waals surface area contributed by atoms with Crippen LogP contribution in [-0.4, -0.2) is 4.40 Å². The molecule has 0 N–H and O–H groups in total. The van der Waals surface area contributed by atoms with E-state index in [1.165, 1.54) is 89.2 Å². The van der Waals surface area contributed by atoms with Crippen molar-refractivity contribution >= 4 is 112 Å². The van der Waals surface area contributed by atoms with E-state index in [1.807, 2.05) is 22.7 Å². The lowest BCUT2D eigenvalue weighted by Gasteiger charge is -2.04. The van der Waals surface area contributed by atoms with Crippen LogP contribution in [0.4, 0.5) is 0 Å². The first-order valence-electron chi connectivity index (χ1n) is 13.3. The summed E-state index contributed by atoms with van der Waals surface area (Å²) in [6.45, 7) is 0. The highest BCUT2D eigenvalue weighted by molar-refractivity contribution is 7.26. The Morgan fingerprint density at radius 1 is 0.359 bits per heavy atom. The largest absolute Gasteiger partial charge is 0.308 e. The van der Waals surface area contributed by atoms with Crippen molar-refractivity contribution in [1.29, 1.82) is 0 Å². The van der Waals surface area contributed by atoms with Gasteiger partial charge in [0.15, 0.2) is 0 Å². The summed E-state index contributed by atoms with van der Waals surface area (Å²) in [5.41, 5.74) is 3.84. The molecule has 0 atom stereocenters. The van der Waals surface area contributed by atoms with Gasteiger partial charge >= 0.3 is 0 Å². The molecule has 0 spiro atoms. The monoisotopic (exact) mass is 529 g/mol. The molecule has 10 rings (SSSR count). The number of para-hydroxylation sites is 1. The van der Waals surface area contributed by atoms with Crippen molar-refractivity contribution < 1.29 is 0 Å². The smallest absolute Gasteiger partial charge is 0.0619 e. The number of aromatic nitrogens is 1. The van der Waals surface area contributed by atoms with Gasteiger partial charge in [-0.25, -0.2) is 0 Å². The highest BCUT2D eigenvalue weighted by Crippen LogP contribution is 2.45. The number of nitrogens with zero attached hydrogens (tertiary/aromatic N) is 1. The maximum atomic E-state index is 2.57. The Morgan fingerprint density at radius 2 is 0.949 bits per heavy atom. The molecule has 0 bridgehead atoms. The first kappa shape index (κ1) is 20.5. The minimum absolute atomic E-state index is 1.27. The molecule has 0 aliphatic rings. The first-order valence-corrected chi connectivity index (χ1v) is 14.9. The third-order valence-electron chi connectivity index (χ3n) is 8.53. The number of benzene rings is 6. The summed E-state index contributed by atoms with van der Waals surface area (Å²) in [7, 11) is 0. The first-order chi connectivity index (χ1) is 19.3. The van der Waals surface area contributed by atoms with E-state index in [4.69, 9.17) is 0 Å². The lowest BCUT2D eigenvalue weighted by atomic mass is 10.0. The molecule has 0 amide bonds. The standard InChI is InChI=1S/C36H19NS2/c1-2-9-21-20(8-1)23-11-6-16-31-34(23)35-28(14-7-17-32(35)39-31)37-29-19-33-27(22-10-3-4-15-30(22)38-33)18-26(29)25-13-5-12-24(21)36(25)37/h1-19H. The highest BCUT2D eigenvalue weighted by Gasteiger charge is 2.19. The molecule has 0 saturated carbocycles. The fourth-order valence-electron chi connectivity index (χ4n) is 6.96. The Bertz CT molecular complexity index is 2660. The van der Waals surface area contributed by atoms with Gasteiger partial charge in [-0.3, -0.25) is 0 Å². The average molecular weight is 530 g/mol. The topological polar surface area (TPSA) is 4.41 Å². The number of rotatable bonds is 0. The Hall–Kier alpha value is -4.44. The van der Waals surface area contributed by atoms with E-state index in [0.29, 0.717) is 0 Å². The molecule has 0 saturated heterocycles. The Labute approximate surface area is 230 Å². The number of hydrogen-bond acceptors (Lipinski definition) is 2. The van der Waals surface area contributed by atoms with E-state index in [9.17, 15) is 0 Å². The summed E-state index contributed by atoms with van der Waals surface area (Å²) < 4.78 is 7.93. The molecule has 10 aromatic rings. The molecule has 180 valence electrons. The van der Waals surface area contributed by atoms with Crippen molar-refractivity contribution in [3.8, 4) is 0 Å². The molecular formula is C36H19NS2. The van der Waals surface area contributed by atoms with Crippen LogP contribution < -0.4 is 0 Å². The Morgan fingerprint density at radius 3 is 1.82 bits per heavy atom. The van der Waals surface area contributed by atoms with E-state index in [0.717, 1.165) is 0 Å². The van der Waals surface area contributed by atoms with Crippen molar-refractivity contribution in [2.75, 3.05) is 0 Å². The second-order valence-electron chi connectivity index (χ2n) is 10.5. The van der Waals surface area contributed by atoms with E-state index < -0.39 is 0 Å². The van der Waals surface area contributed by atoms with Gasteiger partial charge in [0.25, 0.3) is 0 Å². The van der Waals surface area contributed by atoms with Crippen LogP contribution >= 0.6 is 22.7 Å². The fraction of sp³-hybridized carbons (Fsp3) is 0. The van der Waals surface area contributed by atoms with Gasteiger partial charge < -0.3 is 4.40 Å². The molecule has 4 aromatic heterocycles. The summed E-state index contributed by atoms with van der Waals surface area (Å²) in [5, 5.41) is 13.2. The highest BCUT2D eigenvalue weighted by atomic mass is 32.1. The van der Waals surface area contributed by atoms with E-state index in [1.54, 1.807) is 0 Å². The quantitative estimate of drug-likeness (QED) is 0.184. The van der Waals surface area contributed by atoms with Crippen LogP contribution in [0, 0.1) is 0 Å². The van der Waals surface area contributed by atoms with E-state index in [2.05, 4.69) is 120 Å². The van der Waals surface area contributed by atoms with Gasteiger partial charge in [0.1, 0.15) is 0 Å².